The summed E-state index contributed by atoms with van der Waals surface area (Å²) >= 11 is 0. The number of nitrogens with one attached hydrogen (secondary N) is 1. The average molecular weight is 254 g/mol. The molecule has 0 radical (unpaired) electrons. The van der Waals surface area contributed by atoms with E-state index in [9.17, 15) is 9.59 Å². The van der Waals surface area contributed by atoms with E-state index in [0.29, 0.717) is 6.54 Å². The Kier molecular flexibility index (Phi) is 3.81. The molecular weight excluding hydrogens is 236 g/mol. The van der Waals surface area contributed by atoms with Crippen LogP contribution in [0.15, 0.2) is 11.1 Å². The number of aliphatic hydroxyl groups excluding tert-OH is 1. The number of hydrogen-bond acceptors (Lipinski definition) is 4. The molecule has 1 saturated heterocycles. The summed E-state index contributed by atoms with van der Waals surface area (Å²) < 4.78 is 1.26. The van der Waals surface area contributed by atoms with Gasteiger partial charge in [-0.2, -0.15) is 5.10 Å². The maximum Gasteiger partial charge on any atom is 0.343 e. The summed E-state index contributed by atoms with van der Waals surface area (Å²) in [4.78, 5) is 25.1. The normalized spacial score (nSPS) is 24.2. The molecule has 0 spiro atoms. The number of likely N-dealkylation sites (tertiary alicyclic amines) is 1. The highest BCUT2D eigenvalue weighted by atomic mass is 16.3. The van der Waals surface area contributed by atoms with Crippen LogP contribution in [0.1, 0.15) is 19.8 Å². The van der Waals surface area contributed by atoms with Crippen molar-refractivity contribution in [2.24, 2.45) is 5.92 Å². The largest absolute Gasteiger partial charge is 0.396 e. The third kappa shape index (κ3) is 2.61. The van der Waals surface area contributed by atoms with Gasteiger partial charge >= 0.3 is 5.69 Å². The van der Waals surface area contributed by atoms with Crippen LogP contribution in [-0.4, -0.2) is 49.9 Å². The Hall–Kier alpha value is -1.63. The molecule has 100 valence electrons. The first-order chi connectivity index (χ1) is 8.61. The van der Waals surface area contributed by atoms with Gasteiger partial charge in [-0.05, 0) is 25.7 Å². The standard InChI is InChI=1S/C11H18N4O3/c1-8-4-9(6-16)2-3-15(8)10(17)5-14-7-12-13-11(14)18/h7-9,16H,2-6H2,1H3,(H,13,18)/t8-,9-/m0/s1. The van der Waals surface area contributed by atoms with Crippen LogP contribution in [0.3, 0.4) is 0 Å². The van der Waals surface area contributed by atoms with Crippen molar-refractivity contribution in [2.75, 3.05) is 13.2 Å². The number of H-pyrrole nitrogens is 1. The van der Waals surface area contributed by atoms with E-state index in [1.165, 1.54) is 10.9 Å². The van der Waals surface area contributed by atoms with E-state index in [1.807, 2.05) is 6.92 Å². The van der Waals surface area contributed by atoms with Crippen molar-refractivity contribution in [1.29, 1.82) is 0 Å². The Balaban J connectivity index is 1.98. The molecule has 18 heavy (non-hydrogen) atoms. The van der Waals surface area contributed by atoms with Crippen LogP contribution < -0.4 is 5.69 Å². The minimum atomic E-state index is -0.374. The lowest BCUT2D eigenvalue weighted by Crippen LogP contribution is -2.47. The predicted molar refractivity (Wildman–Crippen MR) is 63.8 cm³/mol. The van der Waals surface area contributed by atoms with Crippen molar-refractivity contribution < 1.29 is 9.90 Å². The topological polar surface area (TPSA) is 91.2 Å². The first-order valence-electron chi connectivity index (χ1n) is 6.12. The number of aromatic amines is 1. The Labute approximate surface area is 104 Å². The number of rotatable bonds is 3. The second-order valence-corrected chi connectivity index (χ2v) is 4.80. The first-order valence-corrected chi connectivity index (χ1v) is 6.12. The molecule has 2 heterocycles. The van der Waals surface area contributed by atoms with E-state index in [1.54, 1.807) is 4.90 Å². The van der Waals surface area contributed by atoms with Gasteiger partial charge in [-0.3, -0.25) is 9.36 Å². The molecule has 1 aliphatic rings. The van der Waals surface area contributed by atoms with E-state index in [-0.39, 0.29) is 36.7 Å². The van der Waals surface area contributed by atoms with Gasteiger partial charge in [0.05, 0.1) is 0 Å². The zero-order valence-corrected chi connectivity index (χ0v) is 10.4. The third-order valence-electron chi connectivity index (χ3n) is 3.49. The second-order valence-electron chi connectivity index (χ2n) is 4.80. The summed E-state index contributed by atoms with van der Waals surface area (Å²) in [5, 5.41) is 15.0. The van der Waals surface area contributed by atoms with E-state index in [2.05, 4.69) is 10.2 Å². The smallest absolute Gasteiger partial charge is 0.343 e. The molecule has 2 atom stereocenters. The fourth-order valence-electron chi connectivity index (χ4n) is 2.43. The molecule has 1 aromatic heterocycles. The van der Waals surface area contributed by atoms with Crippen LogP contribution in [-0.2, 0) is 11.3 Å². The van der Waals surface area contributed by atoms with Crippen LogP contribution in [0.4, 0.5) is 0 Å². The first kappa shape index (κ1) is 12.8. The lowest BCUT2D eigenvalue weighted by molar-refractivity contribution is -0.136. The van der Waals surface area contributed by atoms with Gasteiger partial charge in [0, 0.05) is 19.2 Å². The third-order valence-corrected chi connectivity index (χ3v) is 3.49. The highest BCUT2D eigenvalue weighted by molar-refractivity contribution is 5.76. The summed E-state index contributed by atoms with van der Waals surface area (Å²) in [6.07, 6.45) is 2.95. The molecule has 1 aliphatic heterocycles. The molecule has 1 aromatic rings. The van der Waals surface area contributed by atoms with Gasteiger partial charge in [-0.1, -0.05) is 0 Å². The molecule has 2 rings (SSSR count). The number of piperidine rings is 1. The van der Waals surface area contributed by atoms with Gasteiger partial charge in [-0.15, -0.1) is 0 Å². The lowest BCUT2D eigenvalue weighted by Gasteiger charge is -2.37. The molecular formula is C11H18N4O3. The van der Waals surface area contributed by atoms with Gasteiger partial charge in [0.1, 0.15) is 12.9 Å². The fourth-order valence-corrected chi connectivity index (χ4v) is 2.43. The molecule has 7 nitrogen and oxygen atoms in total. The molecule has 2 N–H and O–H groups in total. The molecule has 0 aliphatic carbocycles. The molecule has 0 unspecified atom stereocenters. The number of aromatic nitrogens is 3. The Morgan fingerprint density at radius 2 is 2.44 bits per heavy atom. The summed E-state index contributed by atoms with van der Waals surface area (Å²) in [7, 11) is 0. The summed E-state index contributed by atoms with van der Waals surface area (Å²) in [6.45, 7) is 2.80. The summed E-state index contributed by atoms with van der Waals surface area (Å²) in [5.41, 5.74) is -0.374. The maximum absolute atomic E-state index is 12.1. The number of nitrogens with zero attached hydrogens (tertiary/aromatic N) is 3. The van der Waals surface area contributed by atoms with Crippen molar-refractivity contribution in [3.05, 3.63) is 16.8 Å². The number of amides is 1. The van der Waals surface area contributed by atoms with Crippen LogP contribution in [0.25, 0.3) is 0 Å². The average Bonchev–Trinajstić information content (AvgIpc) is 2.74. The van der Waals surface area contributed by atoms with Gasteiger partial charge in [0.15, 0.2) is 0 Å². The summed E-state index contributed by atoms with van der Waals surface area (Å²) in [6, 6.07) is 0.103. The van der Waals surface area contributed by atoms with Gasteiger partial charge in [-0.25, -0.2) is 9.89 Å². The number of hydrogen-bond donors (Lipinski definition) is 2. The van der Waals surface area contributed by atoms with Gasteiger partial charge < -0.3 is 10.0 Å². The van der Waals surface area contributed by atoms with E-state index in [0.717, 1.165) is 12.8 Å². The van der Waals surface area contributed by atoms with E-state index < -0.39 is 0 Å². The molecule has 1 amide bonds. The molecule has 7 heteroatoms. The van der Waals surface area contributed by atoms with Gasteiger partial charge in [0.2, 0.25) is 5.91 Å². The van der Waals surface area contributed by atoms with Crippen molar-refractivity contribution in [1.82, 2.24) is 19.7 Å². The number of carbonyl (C=O) groups excluding carboxylic acids is 1. The Bertz CT molecular complexity index is 467. The van der Waals surface area contributed by atoms with Crippen molar-refractivity contribution >= 4 is 5.91 Å². The second kappa shape index (κ2) is 5.34. The predicted octanol–water partition coefficient (Wildman–Crippen LogP) is -0.809. The fraction of sp³-hybridized carbons (Fsp3) is 0.727. The SMILES string of the molecule is C[C@H]1C[C@@H](CO)CCN1C(=O)Cn1cn[nH]c1=O. The zero-order valence-electron chi connectivity index (χ0n) is 10.4. The highest BCUT2D eigenvalue weighted by Gasteiger charge is 2.28. The Morgan fingerprint density at radius 1 is 1.67 bits per heavy atom. The lowest BCUT2D eigenvalue weighted by atomic mass is 9.92. The van der Waals surface area contributed by atoms with E-state index in [4.69, 9.17) is 5.11 Å². The molecule has 1 fully saturated rings. The zero-order chi connectivity index (χ0) is 13.1. The molecule has 0 bridgehead atoms. The maximum atomic E-state index is 12.1. The quantitative estimate of drug-likeness (QED) is 0.738. The minimum Gasteiger partial charge on any atom is -0.396 e. The van der Waals surface area contributed by atoms with Crippen LogP contribution in [0.2, 0.25) is 0 Å². The monoisotopic (exact) mass is 254 g/mol. The molecule has 0 saturated carbocycles. The van der Waals surface area contributed by atoms with Gasteiger partial charge in [0.25, 0.3) is 0 Å². The van der Waals surface area contributed by atoms with Crippen LogP contribution >= 0.6 is 0 Å². The van der Waals surface area contributed by atoms with Crippen molar-refractivity contribution in [3.8, 4) is 0 Å². The minimum absolute atomic E-state index is 0.0173. The van der Waals surface area contributed by atoms with Crippen molar-refractivity contribution in [2.45, 2.75) is 32.4 Å². The van der Waals surface area contributed by atoms with Crippen molar-refractivity contribution in [3.63, 3.8) is 0 Å². The number of carbonyl (C=O) groups is 1. The van der Waals surface area contributed by atoms with E-state index >= 15 is 0 Å². The van der Waals surface area contributed by atoms with Crippen LogP contribution in [0.5, 0.6) is 0 Å². The Morgan fingerprint density at radius 3 is 3.00 bits per heavy atom. The summed E-state index contributed by atoms with van der Waals surface area (Å²) in [5.74, 6) is 0.197. The highest BCUT2D eigenvalue weighted by Crippen LogP contribution is 2.22. The number of aliphatic hydroxyl groups is 1. The van der Waals surface area contributed by atoms with Crippen LogP contribution in [0, 0.1) is 5.92 Å². The molecule has 0 aromatic carbocycles.